The summed E-state index contributed by atoms with van der Waals surface area (Å²) in [4.78, 5) is 11.9. The van der Waals surface area contributed by atoms with Crippen LogP contribution >= 0.6 is 11.8 Å². The van der Waals surface area contributed by atoms with Crippen LogP contribution in [0.25, 0.3) is 0 Å². The highest BCUT2D eigenvalue weighted by molar-refractivity contribution is 7.99. The summed E-state index contributed by atoms with van der Waals surface area (Å²) in [6, 6.07) is 0.569. The lowest BCUT2D eigenvalue weighted by Crippen LogP contribution is -2.47. The maximum atomic E-state index is 11.9. The molecule has 3 rings (SSSR count). The number of amides is 1. The van der Waals surface area contributed by atoms with E-state index < -0.39 is 0 Å². The first-order valence-corrected chi connectivity index (χ1v) is 7.11. The average Bonchev–Trinajstić information content (AvgIpc) is 3.15. The van der Waals surface area contributed by atoms with Gasteiger partial charge >= 0.3 is 0 Å². The van der Waals surface area contributed by atoms with Gasteiger partial charge in [-0.3, -0.25) is 10.1 Å². The summed E-state index contributed by atoms with van der Waals surface area (Å²) in [5, 5.41) is 6.50. The van der Waals surface area contributed by atoms with Crippen molar-refractivity contribution < 1.29 is 4.79 Å². The molecule has 0 aromatic rings. The Hall–Kier alpha value is -0.220. The number of hydrogen-bond acceptors (Lipinski definition) is 3. The van der Waals surface area contributed by atoms with Crippen LogP contribution in [-0.2, 0) is 4.79 Å². The Bertz CT molecular complexity index is 245. The van der Waals surface area contributed by atoms with Crippen LogP contribution in [0, 0.1) is 11.8 Å². The minimum atomic E-state index is 0.0648. The van der Waals surface area contributed by atoms with Gasteiger partial charge in [0.15, 0.2) is 0 Å². The van der Waals surface area contributed by atoms with Crippen molar-refractivity contribution in [1.82, 2.24) is 10.6 Å². The van der Waals surface area contributed by atoms with Crippen LogP contribution < -0.4 is 10.6 Å². The Morgan fingerprint density at radius 3 is 2.40 bits per heavy atom. The molecule has 15 heavy (non-hydrogen) atoms. The summed E-state index contributed by atoms with van der Waals surface area (Å²) in [6.07, 6.45) is 5.31. The molecular weight excluding hydrogens is 208 g/mol. The molecule has 3 aliphatic rings. The van der Waals surface area contributed by atoms with Crippen LogP contribution in [0.2, 0.25) is 0 Å². The number of rotatable bonds is 4. The van der Waals surface area contributed by atoms with Gasteiger partial charge < -0.3 is 5.32 Å². The normalized spacial score (nSPS) is 30.9. The van der Waals surface area contributed by atoms with Gasteiger partial charge in [-0.25, -0.2) is 0 Å². The van der Waals surface area contributed by atoms with E-state index in [2.05, 4.69) is 10.6 Å². The topological polar surface area (TPSA) is 41.1 Å². The fourth-order valence-electron chi connectivity index (χ4n) is 2.36. The van der Waals surface area contributed by atoms with Crippen molar-refractivity contribution in [3.63, 3.8) is 0 Å². The monoisotopic (exact) mass is 226 g/mol. The van der Waals surface area contributed by atoms with E-state index in [0.717, 1.165) is 23.5 Å². The van der Waals surface area contributed by atoms with Crippen molar-refractivity contribution in [3.8, 4) is 0 Å². The number of hydrogen-bond donors (Lipinski definition) is 2. The van der Waals surface area contributed by atoms with Crippen LogP contribution in [-0.4, -0.2) is 29.6 Å². The zero-order valence-electron chi connectivity index (χ0n) is 8.87. The van der Waals surface area contributed by atoms with Gasteiger partial charge in [0, 0.05) is 17.7 Å². The lowest BCUT2D eigenvalue weighted by Gasteiger charge is -2.20. The minimum Gasteiger partial charge on any atom is -0.351 e. The van der Waals surface area contributed by atoms with E-state index in [1.165, 1.54) is 25.7 Å². The van der Waals surface area contributed by atoms with E-state index in [1.54, 1.807) is 0 Å². The van der Waals surface area contributed by atoms with E-state index in [0.29, 0.717) is 6.04 Å². The molecule has 4 heteroatoms. The lowest BCUT2D eigenvalue weighted by atomic mass is 10.1. The molecule has 84 valence electrons. The molecule has 1 atom stereocenters. The van der Waals surface area contributed by atoms with Gasteiger partial charge in [-0.2, -0.15) is 0 Å². The third-order valence-corrected chi connectivity index (χ3v) is 4.54. The fraction of sp³-hybridized carbons (Fsp3) is 0.909. The molecule has 1 saturated heterocycles. The molecule has 1 aliphatic heterocycles. The zero-order valence-corrected chi connectivity index (χ0v) is 9.69. The highest BCUT2D eigenvalue weighted by Crippen LogP contribution is 2.44. The number of carbonyl (C=O) groups is 1. The largest absolute Gasteiger partial charge is 0.351 e. The molecule has 3 fully saturated rings. The van der Waals surface area contributed by atoms with Gasteiger partial charge in [-0.05, 0) is 37.5 Å². The van der Waals surface area contributed by atoms with Crippen molar-refractivity contribution in [2.75, 3.05) is 11.6 Å². The van der Waals surface area contributed by atoms with E-state index in [9.17, 15) is 4.79 Å². The van der Waals surface area contributed by atoms with Crippen LogP contribution in [0.5, 0.6) is 0 Å². The highest BCUT2D eigenvalue weighted by Gasteiger charge is 2.42. The first kappa shape index (κ1) is 9.97. The Kier molecular flexibility index (Phi) is 2.64. The molecule has 0 aromatic carbocycles. The summed E-state index contributed by atoms with van der Waals surface area (Å²) in [5.41, 5.74) is 0. The maximum Gasteiger partial charge on any atom is 0.238 e. The Balaban J connectivity index is 1.55. The van der Waals surface area contributed by atoms with E-state index in [1.807, 2.05) is 11.8 Å². The van der Waals surface area contributed by atoms with Crippen LogP contribution in [0.3, 0.4) is 0 Å². The molecule has 2 saturated carbocycles. The van der Waals surface area contributed by atoms with Crippen LogP contribution in [0.4, 0.5) is 0 Å². The smallest absolute Gasteiger partial charge is 0.238 e. The summed E-state index contributed by atoms with van der Waals surface area (Å²) in [6.45, 7) is 0. The molecule has 2 N–H and O–H groups in total. The molecule has 0 bridgehead atoms. The molecule has 1 amide bonds. The van der Waals surface area contributed by atoms with Crippen molar-refractivity contribution >= 4 is 17.7 Å². The average molecular weight is 226 g/mol. The molecule has 0 unspecified atom stereocenters. The second kappa shape index (κ2) is 3.98. The molecule has 1 heterocycles. The van der Waals surface area contributed by atoms with Gasteiger partial charge in [0.25, 0.3) is 0 Å². The summed E-state index contributed by atoms with van der Waals surface area (Å²) in [5.74, 6) is 3.71. The van der Waals surface area contributed by atoms with E-state index in [-0.39, 0.29) is 11.9 Å². The van der Waals surface area contributed by atoms with Gasteiger partial charge in [-0.15, -0.1) is 11.8 Å². The minimum absolute atomic E-state index is 0.0648. The second-order valence-corrected chi connectivity index (χ2v) is 6.01. The first-order chi connectivity index (χ1) is 7.34. The summed E-state index contributed by atoms with van der Waals surface area (Å²) in [7, 11) is 0. The number of nitrogens with one attached hydrogen (secondary N) is 2. The predicted octanol–water partition coefficient (Wildman–Crippen LogP) is 0.954. The molecule has 0 aromatic heterocycles. The Morgan fingerprint density at radius 2 is 1.93 bits per heavy atom. The highest BCUT2D eigenvalue weighted by atomic mass is 32.2. The zero-order chi connectivity index (χ0) is 10.3. The Morgan fingerprint density at radius 1 is 1.27 bits per heavy atom. The van der Waals surface area contributed by atoms with Gasteiger partial charge in [-0.1, -0.05) is 0 Å². The van der Waals surface area contributed by atoms with Crippen molar-refractivity contribution in [2.24, 2.45) is 11.8 Å². The van der Waals surface area contributed by atoms with Crippen molar-refractivity contribution in [3.05, 3.63) is 0 Å². The van der Waals surface area contributed by atoms with E-state index >= 15 is 0 Å². The quantitative estimate of drug-likeness (QED) is 0.750. The summed E-state index contributed by atoms with van der Waals surface area (Å²) < 4.78 is 0. The predicted molar refractivity (Wildman–Crippen MR) is 61.6 cm³/mol. The van der Waals surface area contributed by atoms with Crippen molar-refractivity contribution in [2.45, 2.75) is 37.8 Å². The van der Waals surface area contributed by atoms with Gasteiger partial charge in [0.1, 0.15) is 0 Å². The van der Waals surface area contributed by atoms with Crippen molar-refractivity contribution in [1.29, 1.82) is 0 Å². The molecule has 3 nitrogen and oxygen atoms in total. The SMILES string of the molecule is O=C(NC(C1CC1)C1CC1)[C@H]1CSCN1. The number of carbonyl (C=O) groups excluding carboxylic acids is 1. The third kappa shape index (κ3) is 2.31. The molecule has 0 radical (unpaired) electrons. The van der Waals surface area contributed by atoms with E-state index in [4.69, 9.17) is 0 Å². The Labute approximate surface area is 94.8 Å². The molecular formula is C11H18N2OS. The van der Waals surface area contributed by atoms with Gasteiger partial charge in [0.2, 0.25) is 5.91 Å². The maximum absolute atomic E-state index is 11.9. The number of thioether (sulfide) groups is 1. The van der Waals surface area contributed by atoms with Gasteiger partial charge in [0.05, 0.1) is 6.04 Å². The summed E-state index contributed by atoms with van der Waals surface area (Å²) >= 11 is 1.81. The first-order valence-electron chi connectivity index (χ1n) is 5.96. The third-order valence-electron chi connectivity index (χ3n) is 3.60. The standard InChI is InChI=1S/C11H18N2OS/c14-11(9-5-15-6-12-9)13-10(7-1-2-7)8-3-4-8/h7-10,12H,1-6H2,(H,13,14)/t9-/m1/s1. The fourth-order valence-corrected chi connectivity index (χ4v) is 3.30. The van der Waals surface area contributed by atoms with Crippen LogP contribution in [0.15, 0.2) is 0 Å². The lowest BCUT2D eigenvalue weighted by molar-refractivity contribution is -0.123. The molecule has 0 spiro atoms. The second-order valence-electron chi connectivity index (χ2n) is 4.98. The molecule has 2 aliphatic carbocycles. The van der Waals surface area contributed by atoms with Crippen LogP contribution in [0.1, 0.15) is 25.7 Å².